The first kappa shape index (κ1) is 21.1. The van der Waals surface area contributed by atoms with E-state index in [-0.39, 0.29) is 5.54 Å². The third-order valence-corrected chi connectivity index (χ3v) is 8.24. The van der Waals surface area contributed by atoms with Crippen LogP contribution < -0.4 is 10.2 Å². The maximum Gasteiger partial charge on any atom is 0.207 e. The molecule has 1 N–H and O–H groups in total. The highest BCUT2D eigenvalue weighted by Gasteiger charge is 2.54. The van der Waals surface area contributed by atoms with Crippen molar-refractivity contribution in [3.05, 3.63) is 48.8 Å². The molecule has 0 spiro atoms. The highest BCUT2D eigenvalue weighted by Crippen LogP contribution is 2.52. The number of hydrogen-bond donors (Lipinski definition) is 1. The maximum atomic E-state index is 11.3. The van der Waals surface area contributed by atoms with Crippen LogP contribution in [-0.4, -0.2) is 53.4 Å². The van der Waals surface area contributed by atoms with E-state index in [1.54, 1.807) is 27.8 Å². The standard InChI is InChI=1S/C26H25N9O/c1-33-13-19(10-31-33)17-4-22(25-18(8-27)9-32-34(25)14-17)23-11-29-24(12-28-23)35-20-2-16-3-21(35)7-26(5-16,6-20)30-15-36/h4,9-16,20-21H,2-3,5-7H2,1H3,(H,30,36). The summed E-state index contributed by atoms with van der Waals surface area (Å²) in [5, 5.41) is 21.5. The molecule has 0 aromatic carbocycles. The average molecular weight is 480 g/mol. The zero-order valence-corrected chi connectivity index (χ0v) is 19.9. The van der Waals surface area contributed by atoms with Gasteiger partial charge in [0.15, 0.2) is 0 Å². The SMILES string of the molecule is Cn1cc(-c2cc(-c3cnc(N4C5CC6CC4CC(NC=O)(C6)C5)cn3)c3c(C#N)cnn3c2)cn1. The van der Waals surface area contributed by atoms with Gasteiger partial charge in [0.1, 0.15) is 11.9 Å². The van der Waals surface area contributed by atoms with Gasteiger partial charge in [-0.1, -0.05) is 0 Å². The number of amides is 1. The molecule has 4 fully saturated rings. The zero-order chi connectivity index (χ0) is 24.4. The van der Waals surface area contributed by atoms with Crippen molar-refractivity contribution in [2.45, 2.75) is 49.7 Å². The fourth-order valence-electron chi connectivity index (χ4n) is 7.02. The fraction of sp³-hybridized carbons (Fsp3) is 0.385. The smallest absolute Gasteiger partial charge is 0.207 e. The Morgan fingerprint density at radius 2 is 1.89 bits per heavy atom. The van der Waals surface area contributed by atoms with E-state index in [1.165, 1.54) is 0 Å². The van der Waals surface area contributed by atoms with Crippen LogP contribution in [0.5, 0.6) is 0 Å². The van der Waals surface area contributed by atoms with E-state index >= 15 is 0 Å². The maximum absolute atomic E-state index is 11.3. The first-order chi connectivity index (χ1) is 17.6. The molecule has 4 bridgehead atoms. The van der Waals surface area contributed by atoms with Crippen LogP contribution >= 0.6 is 0 Å². The van der Waals surface area contributed by atoms with Crippen LogP contribution in [-0.2, 0) is 11.8 Å². The minimum absolute atomic E-state index is 0.0594. The molecule has 36 heavy (non-hydrogen) atoms. The molecule has 0 radical (unpaired) electrons. The quantitative estimate of drug-likeness (QED) is 0.437. The lowest BCUT2D eigenvalue weighted by Gasteiger charge is -2.61. The van der Waals surface area contributed by atoms with Crippen LogP contribution in [0.3, 0.4) is 0 Å². The summed E-state index contributed by atoms with van der Waals surface area (Å²) in [7, 11) is 1.88. The molecule has 8 rings (SSSR count). The van der Waals surface area contributed by atoms with Gasteiger partial charge in [-0.3, -0.25) is 14.5 Å². The van der Waals surface area contributed by atoms with Gasteiger partial charge in [-0.15, -0.1) is 0 Å². The first-order valence-corrected chi connectivity index (χ1v) is 12.3. The average Bonchev–Trinajstić information content (AvgIpc) is 3.49. The predicted molar refractivity (Wildman–Crippen MR) is 132 cm³/mol. The Balaban J connectivity index is 1.27. The number of fused-ring (bicyclic) bond motifs is 1. The molecule has 10 heteroatoms. The lowest BCUT2D eigenvalue weighted by atomic mass is 9.59. The van der Waals surface area contributed by atoms with Crippen molar-refractivity contribution in [1.29, 1.82) is 5.26 Å². The molecule has 2 aliphatic heterocycles. The van der Waals surface area contributed by atoms with Gasteiger partial charge in [-0.25, -0.2) is 9.50 Å². The minimum Gasteiger partial charge on any atom is -0.353 e. The van der Waals surface area contributed by atoms with Crippen molar-refractivity contribution in [2.75, 3.05) is 4.90 Å². The number of aromatic nitrogens is 6. The summed E-state index contributed by atoms with van der Waals surface area (Å²) in [6.45, 7) is 0. The second kappa shape index (κ2) is 7.62. The van der Waals surface area contributed by atoms with Crippen molar-refractivity contribution < 1.29 is 4.79 Å². The Kier molecular flexibility index (Phi) is 4.46. The van der Waals surface area contributed by atoms with E-state index in [1.807, 2.05) is 31.7 Å². The third kappa shape index (κ3) is 3.12. The Morgan fingerprint density at radius 1 is 1.06 bits per heavy atom. The molecular weight excluding hydrogens is 454 g/mol. The van der Waals surface area contributed by atoms with Crippen LogP contribution in [0.25, 0.3) is 27.9 Å². The van der Waals surface area contributed by atoms with E-state index in [4.69, 9.17) is 9.97 Å². The molecule has 10 nitrogen and oxygen atoms in total. The summed E-state index contributed by atoms with van der Waals surface area (Å²) in [6.07, 6.45) is 17.0. The van der Waals surface area contributed by atoms with Gasteiger partial charge in [0, 0.05) is 53.8 Å². The summed E-state index contributed by atoms with van der Waals surface area (Å²) < 4.78 is 3.48. The molecule has 6 heterocycles. The van der Waals surface area contributed by atoms with Crippen LogP contribution in [0.4, 0.5) is 5.82 Å². The number of rotatable bonds is 5. The van der Waals surface area contributed by atoms with E-state index in [0.717, 1.165) is 61.0 Å². The van der Waals surface area contributed by atoms with Crippen LogP contribution in [0.2, 0.25) is 0 Å². The highest BCUT2D eigenvalue weighted by molar-refractivity contribution is 5.86. The van der Waals surface area contributed by atoms with Crippen molar-refractivity contribution in [2.24, 2.45) is 13.0 Å². The van der Waals surface area contributed by atoms with Gasteiger partial charge in [0.2, 0.25) is 6.41 Å². The van der Waals surface area contributed by atoms with Crippen LogP contribution in [0, 0.1) is 17.2 Å². The third-order valence-electron chi connectivity index (χ3n) is 8.24. The lowest BCUT2D eigenvalue weighted by molar-refractivity contribution is -0.113. The zero-order valence-electron chi connectivity index (χ0n) is 19.9. The molecule has 4 aliphatic rings. The molecule has 2 unspecified atom stereocenters. The summed E-state index contributed by atoms with van der Waals surface area (Å²) in [5.74, 6) is 1.54. The largest absolute Gasteiger partial charge is 0.353 e. The number of hydrogen-bond acceptors (Lipinski definition) is 7. The number of carbonyl (C=O) groups excluding carboxylic acids is 1. The van der Waals surface area contributed by atoms with Gasteiger partial charge >= 0.3 is 0 Å². The monoisotopic (exact) mass is 479 g/mol. The number of piperidine rings is 2. The van der Waals surface area contributed by atoms with Gasteiger partial charge < -0.3 is 10.2 Å². The Morgan fingerprint density at radius 3 is 2.56 bits per heavy atom. The molecule has 4 aromatic heterocycles. The fourth-order valence-corrected chi connectivity index (χ4v) is 7.02. The number of nitrogens with one attached hydrogen (secondary N) is 1. The number of pyridine rings is 1. The Hall–Kier alpha value is -4.26. The van der Waals surface area contributed by atoms with Crippen LogP contribution in [0.1, 0.15) is 37.7 Å². The van der Waals surface area contributed by atoms with Crippen molar-refractivity contribution in [3.63, 3.8) is 0 Å². The molecule has 2 saturated carbocycles. The molecule has 180 valence electrons. The van der Waals surface area contributed by atoms with Crippen LogP contribution in [0.15, 0.2) is 43.2 Å². The second-order valence-corrected chi connectivity index (χ2v) is 10.5. The number of aryl methyl sites for hydroxylation is 1. The first-order valence-electron chi connectivity index (χ1n) is 12.3. The van der Waals surface area contributed by atoms with E-state index in [9.17, 15) is 10.1 Å². The van der Waals surface area contributed by atoms with Crippen molar-refractivity contribution in [1.82, 2.24) is 34.7 Å². The van der Waals surface area contributed by atoms with Gasteiger partial charge in [-0.2, -0.15) is 15.5 Å². The lowest BCUT2D eigenvalue weighted by Crippen LogP contribution is -2.68. The Bertz CT molecular complexity index is 1510. The molecule has 1 amide bonds. The second-order valence-electron chi connectivity index (χ2n) is 10.5. The summed E-state index contributed by atoms with van der Waals surface area (Å²) in [4.78, 5) is 23.4. The number of nitriles is 1. The molecule has 4 aromatic rings. The minimum atomic E-state index is -0.0594. The molecule has 2 atom stereocenters. The van der Waals surface area contributed by atoms with Gasteiger partial charge in [0.25, 0.3) is 0 Å². The van der Waals surface area contributed by atoms with E-state index in [0.29, 0.717) is 34.8 Å². The summed E-state index contributed by atoms with van der Waals surface area (Å²) in [5.41, 5.74) is 4.53. The molecular formula is C26H25N9O. The molecule has 2 saturated heterocycles. The van der Waals surface area contributed by atoms with E-state index in [2.05, 4.69) is 26.5 Å². The number of nitrogens with zero attached hydrogens (tertiary/aromatic N) is 8. The highest BCUT2D eigenvalue weighted by atomic mass is 16.1. The normalized spacial score (nSPS) is 26.3. The topological polar surface area (TPSA) is 117 Å². The van der Waals surface area contributed by atoms with Crippen molar-refractivity contribution in [3.8, 4) is 28.5 Å². The van der Waals surface area contributed by atoms with Crippen molar-refractivity contribution >= 4 is 17.7 Å². The predicted octanol–water partition coefficient (Wildman–Crippen LogP) is 2.70. The van der Waals surface area contributed by atoms with Gasteiger partial charge in [-0.05, 0) is 44.1 Å². The molecule has 2 aliphatic carbocycles. The summed E-state index contributed by atoms with van der Waals surface area (Å²) >= 11 is 0. The Labute approximate surface area is 207 Å². The van der Waals surface area contributed by atoms with Gasteiger partial charge in [0.05, 0.1) is 41.6 Å². The summed E-state index contributed by atoms with van der Waals surface area (Å²) in [6, 6.07) is 5.00. The number of carbonyl (C=O) groups is 1. The number of anilines is 1. The van der Waals surface area contributed by atoms with E-state index < -0.39 is 0 Å².